The van der Waals surface area contributed by atoms with Crippen LogP contribution in [-0.2, 0) is 10.3 Å². The topological polar surface area (TPSA) is 72.2 Å². The number of nitrogens with two attached hydrogens (primary N) is 1. The van der Waals surface area contributed by atoms with Gasteiger partial charge in [0.15, 0.2) is 5.11 Å². The Morgan fingerprint density at radius 1 is 1.33 bits per heavy atom. The van der Waals surface area contributed by atoms with E-state index in [0.717, 1.165) is 12.8 Å². The fourth-order valence-corrected chi connectivity index (χ4v) is 1.04. The summed E-state index contributed by atoms with van der Waals surface area (Å²) in [5.74, 6) is 0. The lowest BCUT2D eigenvalue weighted by molar-refractivity contribution is 0.624. The second-order valence-electron chi connectivity index (χ2n) is 2.59. The molecule has 0 aliphatic carbocycles. The summed E-state index contributed by atoms with van der Waals surface area (Å²) in [5, 5.41) is 2.46. The molecule has 0 fully saturated rings. The second-order valence-corrected chi connectivity index (χ2v) is 3.50. The summed E-state index contributed by atoms with van der Waals surface area (Å²) in [7, 11) is -2.28. The first kappa shape index (κ1) is 11.6. The number of hydrogen-bond donors (Lipinski definition) is 2. The zero-order valence-corrected chi connectivity index (χ0v) is 8.15. The Morgan fingerprint density at radius 2 is 2.00 bits per heavy atom. The van der Waals surface area contributed by atoms with E-state index in [1.807, 2.05) is 0 Å². The second kappa shape index (κ2) is 7.27. The molecule has 4 nitrogen and oxygen atoms in total. The van der Waals surface area contributed by atoms with E-state index in [4.69, 9.17) is 5.73 Å². The van der Waals surface area contributed by atoms with Crippen LogP contribution in [-0.4, -0.2) is 20.1 Å². The van der Waals surface area contributed by atoms with Gasteiger partial charge in [0.1, 0.15) is 0 Å². The molecular weight excluding hydrogens is 176 g/mol. The van der Waals surface area contributed by atoms with Gasteiger partial charge in [-0.3, -0.25) is 11.1 Å². The number of rotatable bonds is 5. The van der Waals surface area contributed by atoms with E-state index < -0.39 is 10.3 Å². The quantitative estimate of drug-likeness (QED) is 0.478. The first-order chi connectivity index (χ1) is 5.68. The Balaban J connectivity index is 3.39. The van der Waals surface area contributed by atoms with Crippen molar-refractivity contribution in [3.05, 3.63) is 0 Å². The van der Waals surface area contributed by atoms with E-state index in [2.05, 4.69) is 12.2 Å². The standard InChI is InChI=1S/C7H16N2O2S/c1-2-3-4-5-6-9-7(8)12(10)11/h9H,2-6,8H2,1H3. The molecule has 5 heteroatoms. The molecule has 0 radical (unpaired) electrons. The Labute approximate surface area is 74.7 Å². The monoisotopic (exact) mass is 192 g/mol. The minimum atomic E-state index is -2.28. The van der Waals surface area contributed by atoms with Crippen LogP contribution in [0.5, 0.6) is 0 Å². The van der Waals surface area contributed by atoms with Gasteiger partial charge in [0.25, 0.3) is 0 Å². The van der Waals surface area contributed by atoms with Gasteiger partial charge in [-0.05, 0) is 6.42 Å². The van der Waals surface area contributed by atoms with Crippen LogP contribution in [0, 0.1) is 0 Å². The molecular formula is C7H16N2O2S. The Bertz CT molecular complexity index is 226. The molecule has 0 aromatic rings. The fourth-order valence-electron chi connectivity index (χ4n) is 0.822. The molecule has 0 aliphatic heterocycles. The van der Waals surface area contributed by atoms with Gasteiger partial charge in [-0.2, -0.15) is 8.42 Å². The van der Waals surface area contributed by atoms with E-state index in [0.29, 0.717) is 6.54 Å². The maximum Gasteiger partial charge on any atom is 0.243 e. The third kappa shape index (κ3) is 6.33. The van der Waals surface area contributed by atoms with Gasteiger partial charge in [0.2, 0.25) is 10.3 Å². The first-order valence-corrected chi connectivity index (χ1v) is 5.21. The fraction of sp³-hybridized carbons (Fsp3) is 0.857. The molecule has 0 saturated heterocycles. The predicted octanol–water partition coefficient (Wildman–Crippen LogP) is 0.0815. The summed E-state index contributed by atoms with van der Waals surface area (Å²) in [6.45, 7) is 2.76. The van der Waals surface area contributed by atoms with Crippen LogP contribution >= 0.6 is 0 Å². The molecule has 0 amide bonds. The maximum atomic E-state index is 10.2. The average Bonchev–Trinajstić information content (AvgIpc) is 2.03. The molecule has 0 rings (SSSR count). The molecule has 0 spiro atoms. The molecule has 0 aromatic carbocycles. The van der Waals surface area contributed by atoms with E-state index in [1.165, 1.54) is 12.8 Å². The lowest BCUT2D eigenvalue weighted by atomic mass is 10.2. The predicted molar refractivity (Wildman–Crippen MR) is 50.3 cm³/mol. The van der Waals surface area contributed by atoms with Gasteiger partial charge >= 0.3 is 0 Å². The molecule has 72 valence electrons. The Hall–Kier alpha value is -0.390. The smallest absolute Gasteiger partial charge is 0.243 e. The number of nitrogens with one attached hydrogen (secondary N) is 1. The summed E-state index contributed by atoms with van der Waals surface area (Å²) < 4.78 is 20.4. The minimum Gasteiger partial charge on any atom is -0.280 e. The van der Waals surface area contributed by atoms with Crippen molar-refractivity contribution in [3.8, 4) is 0 Å². The van der Waals surface area contributed by atoms with Crippen molar-refractivity contribution < 1.29 is 8.42 Å². The van der Waals surface area contributed by atoms with Gasteiger partial charge in [-0.25, -0.2) is 0 Å². The molecule has 0 aromatic heterocycles. The van der Waals surface area contributed by atoms with Gasteiger partial charge < -0.3 is 0 Å². The largest absolute Gasteiger partial charge is 0.280 e. The SMILES string of the molecule is CCCCCCNC(N)=S(=O)=O. The zero-order valence-electron chi connectivity index (χ0n) is 7.34. The number of hydrogen-bond acceptors (Lipinski definition) is 2. The lowest BCUT2D eigenvalue weighted by Gasteiger charge is -1.99. The summed E-state index contributed by atoms with van der Waals surface area (Å²) in [4.78, 5) is 0. The van der Waals surface area contributed by atoms with E-state index in [-0.39, 0.29) is 5.11 Å². The molecule has 0 saturated carbocycles. The molecule has 0 heterocycles. The molecule has 12 heavy (non-hydrogen) atoms. The third-order valence-electron chi connectivity index (χ3n) is 1.51. The maximum absolute atomic E-state index is 10.2. The summed E-state index contributed by atoms with van der Waals surface area (Å²) in [6, 6.07) is 0. The van der Waals surface area contributed by atoms with Gasteiger partial charge in [0, 0.05) is 6.54 Å². The highest BCUT2D eigenvalue weighted by Crippen LogP contribution is 1.96. The van der Waals surface area contributed by atoms with Crippen LogP contribution in [0.3, 0.4) is 0 Å². The van der Waals surface area contributed by atoms with Gasteiger partial charge in [-0.15, -0.1) is 0 Å². The van der Waals surface area contributed by atoms with E-state index in [9.17, 15) is 8.42 Å². The van der Waals surface area contributed by atoms with Crippen molar-refractivity contribution in [1.82, 2.24) is 5.32 Å². The van der Waals surface area contributed by atoms with E-state index in [1.54, 1.807) is 0 Å². The van der Waals surface area contributed by atoms with Crippen molar-refractivity contribution in [2.45, 2.75) is 32.6 Å². The van der Waals surface area contributed by atoms with Crippen LogP contribution in [0.1, 0.15) is 32.6 Å². The van der Waals surface area contributed by atoms with E-state index >= 15 is 0 Å². The van der Waals surface area contributed by atoms with Crippen molar-refractivity contribution in [3.63, 3.8) is 0 Å². The van der Waals surface area contributed by atoms with Crippen molar-refractivity contribution in [2.24, 2.45) is 5.73 Å². The first-order valence-electron chi connectivity index (χ1n) is 4.14. The summed E-state index contributed by atoms with van der Waals surface area (Å²) in [6.07, 6.45) is 4.43. The van der Waals surface area contributed by atoms with Crippen molar-refractivity contribution in [2.75, 3.05) is 6.54 Å². The average molecular weight is 192 g/mol. The van der Waals surface area contributed by atoms with Crippen LogP contribution in [0.25, 0.3) is 0 Å². The zero-order chi connectivity index (χ0) is 9.40. The van der Waals surface area contributed by atoms with Crippen LogP contribution in [0.4, 0.5) is 0 Å². The Morgan fingerprint density at radius 3 is 2.50 bits per heavy atom. The van der Waals surface area contributed by atoms with Crippen LogP contribution < -0.4 is 11.1 Å². The van der Waals surface area contributed by atoms with Crippen molar-refractivity contribution >= 4 is 15.4 Å². The highest BCUT2D eigenvalue weighted by Gasteiger charge is 1.92. The van der Waals surface area contributed by atoms with Crippen molar-refractivity contribution in [1.29, 1.82) is 0 Å². The van der Waals surface area contributed by atoms with Crippen LogP contribution in [0.15, 0.2) is 0 Å². The van der Waals surface area contributed by atoms with Gasteiger partial charge in [0.05, 0.1) is 0 Å². The molecule has 3 N–H and O–H groups in total. The molecule has 0 unspecified atom stereocenters. The lowest BCUT2D eigenvalue weighted by Crippen LogP contribution is -2.32. The normalized spacial score (nSPS) is 9.83. The molecule has 0 bridgehead atoms. The number of unbranched alkanes of at least 4 members (excludes halogenated alkanes) is 3. The summed E-state index contributed by atoms with van der Waals surface area (Å²) >= 11 is 0. The highest BCUT2D eigenvalue weighted by molar-refractivity contribution is 7.72. The third-order valence-corrected chi connectivity index (χ3v) is 2.01. The van der Waals surface area contributed by atoms with Gasteiger partial charge in [-0.1, -0.05) is 26.2 Å². The molecule has 0 aliphatic rings. The Kier molecular flexibility index (Phi) is 7.03. The molecule has 0 atom stereocenters. The minimum absolute atomic E-state index is 0.161. The summed E-state index contributed by atoms with van der Waals surface area (Å²) in [5.41, 5.74) is 5.12. The highest BCUT2D eigenvalue weighted by atomic mass is 32.2. The van der Waals surface area contributed by atoms with Crippen LogP contribution in [0.2, 0.25) is 0 Å².